The molecule has 0 spiro atoms. The lowest BCUT2D eigenvalue weighted by Crippen LogP contribution is -2.22. The van der Waals surface area contributed by atoms with Gasteiger partial charge in [0.25, 0.3) is 0 Å². The molecular formula is C21H16ClN3OS. The predicted molar refractivity (Wildman–Crippen MR) is 112 cm³/mol. The second-order valence-electron chi connectivity index (χ2n) is 6.10. The Kier molecular flexibility index (Phi) is 4.79. The molecule has 1 aromatic heterocycles. The first kappa shape index (κ1) is 17.5. The predicted octanol–water partition coefficient (Wildman–Crippen LogP) is 5.30. The van der Waals surface area contributed by atoms with Gasteiger partial charge in [0, 0.05) is 5.69 Å². The van der Waals surface area contributed by atoms with Gasteiger partial charge in [-0.2, -0.15) is 0 Å². The number of hydrogen-bond donors (Lipinski definition) is 2. The molecule has 3 N–H and O–H groups in total. The molecule has 0 saturated heterocycles. The van der Waals surface area contributed by atoms with Crippen molar-refractivity contribution in [1.29, 1.82) is 0 Å². The van der Waals surface area contributed by atoms with E-state index in [2.05, 4.69) is 10.3 Å². The van der Waals surface area contributed by atoms with Gasteiger partial charge in [0.05, 0.1) is 15.6 Å². The van der Waals surface area contributed by atoms with Gasteiger partial charge in [-0.1, -0.05) is 83.6 Å². The first-order valence-corrected chi connectivity index (χ1v) is 9.57. The number of nitrogens with zero attached hydrogens (tertiary/aromatic N) is 1. The molecule has 4 nitrogen and oxygen atoms in total. The maximum absolute atomic E-state index is 13.2. The average molecular weight is 394 g/mol. The number of anilines is 2. The second kappa shape index (κ2) is 7.39. The van der Waals surface area contributed by atoms with E-state index in [1.165, 1.54) is 11.3 Å². The van der Waals surface area contributed by atoms with Crippen LogP contribution in [0.3, 0.4) is 0 Å². The maximum Gasteiger partial charge on any atom is 0.236 e. The fraction of sp³-hybridized carbons (Fsp3) is 0.0476. The number of thiazole rings is 1. The van der Waals surface area contributed by atoms with Gasteiger partial charge in [0.2, 0.25) is 5.91 Å². The lowest BCUT2D eigenvalue weighted by Gasteiger charge is -2.18. The highest BCUT2D eigenvalue weighted by Crippen LogP contribution is 2.33. The highest BCUT2D eigenvalue weighted by Gasteiger charge is 2.23. The van der Waals surface area contributed by atoms with E-state index in [-0.39, 0.29) is 5.91 Å². The van der Waals surface area contributed by atoms with Crippen molar-refractivity contribution in [2.24, 2.45) is 0 Å². The summed E-state index contributed by atoms with van der Waals surface area (Å²) >= 11 is 7.65. The summed E-state index contributed by atoms with van der Waals surface area (Å²) < 4.78 is 0.839. The zero-order valence-electron chi connectivity index (χ0n) is 14.2. The van der Waals surface area contributed by atoms with Crippen molar-refractivity contribution < 1.29 is 4.79 Å². The van der Waals surface area contributed by atoms with Gasteiger partial charge >= 0.3 is 0 Å². The van der Waals surface area contributed by atoms with Crippen LogP contribution in [-0.4, -0.2) is 10.9 Å². The molecule has 0 unspecified atom stereocenters. The smallest absolute Gasteiger partial charge is 0.236 e. The summed E-state index contributed by atoms with van der Waals surface area (Å²) in [6, 6.07) is 23.0. The van der Waals surface area contributed by atoms with Crippen molar-refractivity contribution in [2.45, 2.75) is 5.92 Å². The van der Waals surface area contributed by atoms with Gasteiger partial charge in [-0.05, 0) is 23.3 Å². The summed E-state index contributed by atoms with van der Waals surface area (Å²) in [6.45, 7) is 0. The summed E-state index contributed by atoms with van der Waals surface area (Å²) in [7, 11) is 0. The van der Waals surface area contributed by atoms with Gasteiger partial charge < -0.3 is 11.1 Å². The van der Waals surface area contributed by atoms with Crippen LogP contribution < -0.4 is 11.1 Å². The van der Waals surface area contributed by atoms with Gasteiger partial charge in [-0.15, -0.1) is 0 Å². The molecule has 1 heterocycles. The molecule has 4 aromatic rings. The number of fused-ring (bicyclic) bond motifs is 1. The molecule has 0 radical (unpaired) electrons. The molecule has 0 atom stereocenters. The van der Waals surface area contributed by atoms with E-state index in [4.69, 9.17) is 17.3 Å². The van der Waals surface area contributed by atoms with Crippen LogP contribution >= 0.6 is 22.9 Å². The number of nitrogen functional groups attached to an aromatic ring is 1. The van der Waals surface area contributed by atoms with E-state index in [9.17, 15) is 4.79 Å². The fourth-order valence-electron chi connectivity index (χ4n) is 3.08. The first-order valence-electron chi connectivity index (χ1n) is 8.38. The lowest BCUT2D eigenvalue weighted by atomic mass is 9.90. The normalized spacial score (nSPS) is 11.0. The number of hydrogen-bond acceptors (Lipinski definition) is 4. The summed E-state index contributed by atoms with van der Waals surface area (Å²) in [5, 5.41) is 3.91. The Morgan fingerprint density at radius 3 is 2.19 bits per heavy atom. The van der Waals surface area contributed by atoms with Crippen LogP contribution in [0.4, 0.5) is 10.8 Å². The SMILES string of the molecule is Nc1nc2c(Cl)cc(NC(=O)C(c3ccccc3)c3ccccc3)cc2s1. The number of nitrogens with one attached hydrogen (secondary N) is 1. The number of amides is 1. The third-order valence-corrected chi connectivity index (χ3v) is 5.38. The van der Waals surface area contributed by atoms with Crippen molar-refractivity contribution >= 4 is 49.9 Å². The van der Waals surface area contributed by atoms with E-state index >= 15 is 0 Å². The van der Waals surface area contributed by atoms with Crippen molar-refractivity contribution in [1.82, 2.24) is 4.98 Å². The van der Waals surface area contributed by atoms with Crippen LogP contribution in [0.1, 0.15) is 17.0 Å². The van der Waals surface area contributed by atoms with Crippen LogP contribution in [0.15, 0.2) is 72.8 Å². The Morgan fingerprint density at radius 1 is 1.00 bits per heavy atom. The zero-order chi connectivity index (χ0) is 18.8. The Hall–Kier alpha value is -2.89. The highest BCUT2D eigenvalue weighted by atomic mass is 35.5. The fourth-order valence-corrected chi connectivity index (χ4v) is 4.20. The molecular weight excluding hydrogens is 378 g/mol. The molecule has 0 saturated carbocycles. The van der Waals surface area contributed by atoms with E-state index in [1.807, 2.05) is 66.7 Å². The number of rotatable bonds is 4. The van der Waals surface area contributed by atoms with Crippen molar-refractivity contribution in [3.8, 4) is 0 Å². The topological polar surface area (TPSA) is 68.0 Å². The Morgan fingerprint density at radius 2 is 1.59 bits per heavy atom. The quantitative estimate of drug-likeness (QED) is 0.494. The minimum absolute atomic E-state index is 0.125. The molecule has 27 heavy (non-hydrogen) atoms. The Labute approximate surface area is 165 Å². The largest absolute Gasteiger partial charge is 0.375 e. The number of halogens is 1. The number of carbonyl (C=O) groups excluding carboxylic acids is 1. The van der Waals surface area contributed by atoms with Crippen LogP contribution in [0.2, 0.25) is 5.02 Å². The molecule has 3 aromatic carbocycles. The third-order valence-electron chi connectivity index (χ3n) is 4.26. The number of nitrogens with two attached hydrogens (primary N) is 1. The van der Waals surface area contributed by atoms with Crippen LogP contribution in [0.5, 0.6) is 0 Å². The minimum Gasteiger partial charge on any atom is -0.375 e. The van der Waals surface area contributed by atoms with E-state index in [0.717, 1.165) is 15.8 Å². The lowest BCUT2D eigenvalue weighted by molar-refractivity contribution is -0.116. The standard InChI is InChI=1S/C21H16ClN3OS/c22-16-11-15(12-17-19(16)25-21(23)27-17)24-20(26)18(13-7-3-1-4-8-13)14-9-5-2-6-10-14/h1-12,18H,(H2,23,25)(H,24,26). The molecule has 6 heteroatoms. The molecule has 0 fully saturated rings. The molecule has 0 bridgehead atoms. The van der Waals surface area contributed by atoms with E-state index < -0.39 is 5.92 Å². The highest BCUT2D eigenvalue weighted by molar-refractivity contribution is 7.22. The summed E-state index contributed by atoms with van der Waals surface area (Å²) in [6.07, 6.45) is 0. The molecule has 4 rings (SSSR count). The third kappa shape index (κ3) is 3.65. The van der Waals surface area contributed by atoms with Gasteiger partial charge in [-0.25, -0.2) is 4.98 Å². The molecule has 134 valence electrons. The van der Waals surface area contributed by atoms with Crippen LogP contribution in [-0.2, 0) is 4.79 Å². The number of benzene rings is 3. The van der Waals surface area contributed by atoms with Gasteiger partial charge in [-0.3, -0.25) is 4.79 Å². The first-order chi connectivity index (χ1) is 13.1. The monoisotopic (exact) mass is 393 g/mol. The summed E-state index contributed by atoms with van der Waals surface area (Å²) in [5.74, 6) is -0.547. The molecule has 0 aliphatic rings. The summed E-state index contributed by atoms with van der Waals surface area (Å²) in [4.78, 5) is 17.4. The minimum atomic E-state index is -0.423. The van der Waals surface area contributed by atoms with Crippen LogP contribution in [0.25, 0.3) is 10.2 Å². The molecule has 0 aliphatic heterocycles. The number of carbonyl (C=O) groups is 1. The molecule has 0 aliphatic carbocycles. The van der Waals surface area contributed by atoms with Crippen molar-refractivity contribution in [3.05, 3.63) is 88.9 Å². The van der Waals surface area contributed by atoms with Crippen molar-refractivity contribution in [2.75, 3.05) is 11.1 Å². The Balaban J connectivity index is 1.70. The van der Waals surface area contributed by atoms with Gasteiger partial charge in [0.1, 0.15) is 5.52 Å². The number of aromatic nitrogens is 1. The second-order valence-corrected chi connectivity index (χ2v) is 7.57. The van der Waals surface area contributed by atoms with Crippen LogP contribution in [0, 0.1) is 0 Å². The van der Waals surface area contributed by atoms with E-state index in [1.54, 1.807) is 6.07 Å². The van der Waals surface area contributed by atoms with Gasteiger partial charge in [0.15, 0.2) is 5.13 Å². The molecule has 1 amide bonds. The zero-order valence-corrected chi connectivity index (χ0v) is 15.8. The van der Waals surface area contributed by atoms with E-state index in [0.29, 0.717) is 21.4 Å². The summed E-state index contributed by atoms with van der Waals surface area (Å²) in [5.41, 5.74) is 8.90. The maximum atomic E-state index is 13.2. The van der Waals surface area contributed by atoms with Crippen molar-refractivity contribution in [3.63, 3.8) is 0 Å². The average Bonchev–Trinajstić information content (AvgIpc) is 3.04. The Bertz CT molecular complexity index is 1060.